The zero-order valence-corrected chi connectivity index (χ0v) is 10.7. The highest BCUT2D eigenvalue weighted by Crippen LogP contribution is 2.31. The monoisotopic (exact) mass is 255 g/mol. The molecule has 1 aliphatic rings. The van der Waals surface area contributed by atoms with Crippen molar-refractivity contribution in [2.45, 2.75) is 23.8 Å². The summed E-state index contributed by atoms with van der Waals surface area (Å²) in [7, 11) is -3.13. The normalized spacial score (nSPS) is 15.9. The van der Waals surface area contributed by atoms with E-state index in [1.54, 1.807) is 12.1 Å². The van der Waals surface area contributed by atoms with Crippen LogP contribution in [0.4, 0.5) is 5.69 Å². The molecule has 0 spiro atoms. The maximum atomic E-state index is 11.3. The molecule has 0 bridgehead atoms. The summed E-state index contributed by atoms with van der Waals surface area (Å²) in [6.07, 6.45) is 3.50. The molecule has 94 valence electrons. The van der Waals surface area contributed by atoms with Gasteiger partial charge < -0.3 is 10.0 Å². The van der Waals surface area contributed by atoms with Crippen molar-refractivity contribution in [1.29, 1.82) is 0 Å². The average molecular weight is 255 g/mol. The van der Waals surface area contributed by atoms with Gasteiger partial charge in [0.1, 0.15) is 0 Å². The molecular formula is C12H17NO3S. The molecule has 0 aromatic heterocycles. The van der Waals surface area contributed by atoms with Crippen LogP contribution in [0.25, 0.3) is 0 Å². The van der Waals surface area contributed by atoms with Crippen LogP contribution >= 0.6 is 0 Å². The largest absolute Gasteiger partial charge is 0.395 e. The highest BCUT2D eigenvalue weighted by atomic mass is 32.2. The van der Waals surface area contributed by atoms with Crippen molar-refractivity contribution >= 4 is 15.5 Å². The van der Waals surface area contributed by atoms with E-state index >= 15 is 0 Å². The molecule has 1 aromatic rings. The van der Waals surface area contributed by atoms with Gasteiger partial charge in [-0.05, 0) is 37.1 Å². The Balaban J connectivity index is 2.21. The Morgan fingerprint density at radius 1 is 1.29 bits per heavy atom. The number of rotatable bonds is 5. The third-order valence-corrected chi connectivity index (χ3v) is 4.05. The number of nitrogens with zero attached hydrogens (tertiary/aromatic N) is 1. The van der Waals surface area contributed by atoms with Crippen molar-refractivity contribution in [1.82, 2.24) is 0 Å². The number of benzene rings is 1. The smallest absolute Gasteiger partial charge is 0.175 e. The minimum absolute atomic E-state index is 0.115. The maximum absolute atomic E-state index is 11.3. The molecule has 0 unspecified atom stereocenters. The number of anilines is 1. The predicted octanol–water partition coefficient (Wildman–Crippen LogP) is 1.05. The van der Waals surface area contributed by atoms with Gasteiger partial charge in [0.15, 0.2) is 9.84 Å². The SMILES string of the molecule is CS(=O)(=O)c1ccc(N(CCO)C2CC2)cc1. The van der Waals surface area contributed by atoms with Crippen molar-refractivity contribution in [3.05, 3.63) is 24.3 Å². The van der Waals surface area contributed by atoms with Crippen LogP contribution in [0.2, 0.25) is 0 Å². The lowest BCUT2D eigenvalue weighted by Crippen LogP contribution is -2.28. The topological polar surface area (TPSA) is 57.6 Å². The molecule has 4 nitrogen and oxygen atoms in total. The van der Waals surface area contributed by atoms with Gasteiger partial charge in [0.2, 0.25) is 0 Å². The third-order valence-electron chi connectivity index (χ3n) is 2.93. The fourth-order valence-electron chi connectivity index (χ4n) is 1.90. The summed E-state index contributed by atoms with van der Waals surface area (Å²) < 4.78 is 22.7. The van der Waals surface area contributed by atoms with Gasteiger partial charge in [0.25, 0.3) is 0 Å². The Bertz CT molecular complexity index is 477. The minimum atomic E-state index is -3.13. The molecule has 1 fully saturated rings. The molecule has 1 aliphatic carbocycles. The number of sulfone groups is 1. The lowest BCUT2D eigenvalue weighted by molar-refractivity contribution is 0.301. The molecule has 0 saturated heterocycles. The van der Waals surface area contributed by atoms with Crippen LogP contribution in [0.5, 0.6) is 0 Å². The molecule has 0 amide bonds. The van der Waals surface area contributed by atoms with Gasteiger partial charge in [-0.3, -0.25) is 0 Å². The Morgan fingerprint density at radius 2 is 1.88 bits per heavy atom. The second-order valence-corrected chi connectivity index (χ2v) is 6.43. The van der Waals surface area contributed by atoms with Gasteiger partial charge >= 0.3 is 0 Å². The Kier molecular flexibility index (Phi) is 3.40. The van der Waals surface area contributed by atoms with E-state index in [1.165, 1.54) is 6.26 Å². The maximum Gasteiger partial charge on any atom is 0.175 e. The molecule has 2 rings (SSSR count). The zero-order chi connectivity index (χ0) is 12.5. The van der Waals surface area contributed by atoms with E-state index in [-0.39, 0.29) is 6.61 Å². The van der Waals surface area contributed by atoms with Crippen LogP contribution in [0, 0.1) is 0 Å². The molecule has 0 atom stereocenters. The lowest BCUT2D eigenvalue weighted by atomic mass is 10.3. The summed E-state index contributed by atoms with van der Waals surface area (Å²) in [5.41, 5.74) is 0.981. The number of hydrogen-bond acceptors (Lipinski definition) is 4. The Hall–Kier alpha value is -1.07. The van der Waals surface area contributed by atoms with Gasteiger partial charge in [-0.1, -0.05) is 0 Å². The molecule has 1 saturated carbocycles. The first-order chi connectivity index (χ1) is 8.02. The van der Waals surface area contributed by atoms with Gasteiger partial charge in [-0.15, -0.1) is 0 Å². The Labute approximate surface area is 102 Å². The average Bonchev–Trinajstić information content (AvgIpc) is 3.09. The van der Waals surface area contributed by atoms with Gasteiger partial charge in [-0.2, -0.15) is 0 Å². The van der Waals surface area contributed by atoms with Crippen LogP contribution in [-0.4, -0.2) is 39.0 Å². The van der Waals surface area contributed by atoms with Crippen molar-refractivity contribution in [3.63, 3.8) is 0 Å². The lowest BCUT2D eigenvalue weighted by Gasteiger charge is -2.23. The Morgan fingerprint density at radius 3 is 2.29 bits per heavy atom. The van der Waals surface area contributed by atoms with Crippen LogP contribution in [0.15, 0.2) is 29.2 Å². The molecule has 1 aromatic carbocycles. The van der Waals surface area contributed by atoms with E-state index in [2.05, 4.69) is 4.90 Å². The minimum Gasteiger partial charge on any atom is -0.395 e. The quantitative estimate of drug-likeness (QED) is 0.854. The van der Waals surface area contributed by atoms with Gasteiger partial charge in [0.05, 0.1) is 11.5 Å². The number of aliphatic hydroxyl groups excluding tert-OH is 1. The van der Waals surface area contributed by atoms with E-state index in [4.69, 9.17) is 5.11 Å². The van der Waals surface area contributed by atoms with Crippen molar-refractivity contribution < 1.29 is 13.5 Å². The van der Waals surface area contributed by atoms with Crippen LogP contribution in [0.1, 0.15) is 12.8 Å². The zero-order valence-electron chi connectivity index (χ0n) is 9.83. The summed E-state index contributed by atoms with van der Waals surface area (Å²) in [5, 5.41) is 9.02. The van der Waals surface area contributed by atoms with Crippen LogP contribution in [0.3, 0.4) is 0 Å². The standard InChI is InChI=1S/C12H17NO3S/c1-17(15,16)12-6-4-11(5-7-12)13(8-9-14)10-2-3-10/h4-7,10,14H,2-3,8-9H2,1H3. The summed E-state index contributed by atoms with van der Waals surface area (Å²) >= 11 is 0. The molecule has 0 heterocycles. The van der Waals surface area contributed by atoms with E-state index in [0.717, 1.165) is 18.5 Å². The third kappa shape index (κ3) is 2.98. The highest BCUT2D eigenvalue weighted by Gasteiger charge is 2.28. The first-order valence-corrected chi connectivity index (χ1v) is 7.59. The number of aliphatic hydroxyl groups is 1. The summed E-state index contributed by atoms with van der Waals surface area (Å²) in [6, 6.07) is 7.37. The number of hydrogen-bond donors (Lipinski definition) is 1. The fourth-order valence-corrected chi connectivity index (χ4v) is 2.53. The molecule has 17 heavy (non-hydrogen) atoms. The summed E-state index contributed by atoms with van der Waals surface area (Å²) in [5.74, 6) is 0. The van der Waals surface area contributed by atoms with Crippen molar-refractivity contribution in [2.24, 2.45) is 0 Å². The van der Waals surface area contributed by atoms with Crippen molar-refractivity contribution in [3.8, 4) is 0 Å². The second kappa shape index (κ2) is 4.66. The van der Waals surface area contributed by atoms with E-state index in [0.29, 0.717) is 17.5 Å². The molecular weight excluding hydrogens is 238 g/mol. The molecule has 0 aliphatic heterocycles. The first-order valence-electron chi connectivity index (χ1n) is 5.70. The van der Waals surface area contributed by atoms with Crippen molar-refractivity contribution in [2.75, 3.05) is 24.3 Å². The van der Waals surface area contributed by atoms with Gasteiger partial charge in [0, 0.05) is 24.5 Å². The summed E-state index contributed by atoms with van der Waals surface area (Å²) in [6.45, 7) is 0.715. The highest BCUT2D eigenvalue weighted by molar-refractivity contribution is 7.90. The predicted molar refractivity (Wildman–Crippen MR) is 67.0 cm³/mol. The molecule has 0 radical (unpaired) electrons. The second-order valence-electron chi connectivity index (χ2n) is 4.41. The first kappa shape index (κ1) is 12.4. The molecule has 1 N–H and O–H groups in total. The van der Waals surface area contributed by atoms with E-state index < -0.39 is 9.84 Å². The van der Waals surface area contributed by atoms with Crippen LogP contribution in [-0.2, 0) is 9.84 Å². The fraction of sp³-hybridized carbons (Fsp3) is 0.500. The summed E-state index contributed by atoms with van der Waals surface area (Å²) in [4.78, 5) is 2.47. The van der Waals surface area contributed by atoms with Gasteiger partial charge in [-0.25, -0.2) is 8.42 Å². The van der Waals surface area contributed by atoms with E-state index in [1.807, 2.05) is 12.1 Å². The molecule has 5 heteroatoms. The van der Waals surface area contributed by atoms with Crippen LogP contribution < -0.4 is 4.90 Å². The van der Waals surface area contributed by atoms with E-state index in [9.17, 15) is 8.42 Å².